The summed E-state index contributed by atoms with van der Waals surface area (Å²) in [5.41, 5.74) is 6.42. The van der Waals surface area contributed by atoms with E-state index >= 15 is 0 Å². The SMILES string of the molecule is COc1cccc(Oc2ccc(CNC(=O)C3(N)CCCCC3)cn2)c1. The zero-order chi connectivity index (χ0) is 18.4. The third kappa shape index (κ3) is 4.52. The average molecular weight is 355 g/mol. The molecule has 1 aliphatic carbocycles. The minimum Gasteiger partial charge on any atom is -0.497 e. The highest BCUT2D eigenvalue weighted by Crippen LogP contribution is 2.26. The highest BCUT2D eigenvalue weighted by Gasteiger charge is 2.34. The van der Waals surface area contributed by atoms with E-state index < -0.39 is 5.54 Å². The number of pyridine rings is 1. The molecule has 1 aliphatic rings. The van der Waals surface area contributed by atoms with Crippen LogP contribution in [0.2, 0.25) is 0 Å². The first kappa shape index (κ1) is 18.2. The van der Waals surface area contributed by atoms with Crippen LogP contribution in [-0.2, 0) is 11.3 Å². The lowest BCUT2D eigenvalue weighted by Gasteiger charge is -2.31. The molecular weight excluding hydrogens is 330 g/mol. The molecule has 138 valence electrons. The van der Waals surface area contributed by atoms with Crippen LogP contribution < -0.4 is 20.5 Å². The smallest absolute Gasteiger partial charge is 0.240 e. The maximum atomic E-state index is 12.4. The Morgan fingerprint density at radius 1 is 1.19 bits per heavy atom. The van der Waals surface area contributed by atoms with Gasteiger partial charge in [-0.25, -0.2) is 4.98 Å². The van der Waals surface area contributed by atoms with Crippen molar-refractivity contribution in [3.8, 4) is 17.4 Å². The number of aromatic nitrogens is 1. The molecule has 1 amide bonds. The molecule has 6 nitrogen and oxygen atoms in total. The molecule has 1 heterocycles. The van der Waals surface area contributed by atoms with Crippen molar-refractivity contribution in [1.29, 1.82) is 0 Å². The van der Waals surface area contributed by atoms with E-state index in [0.29, 0.717) is 18.2 Å². The lowest BCUT2D eigenvalue weighted by molar-refractivity contribution is -0.127. The number of ether oxygens (including phenoxy) is 2. The monoisotopic (exact) mass is 355 g/mol. The Balaban J connectivity index is 1.55. The van der Waals surface area contributed by atoms with Gasteiger partial charge in [-0.05, 0) is 30.5 Å². The topological polar surface area (TPSA) is 86.5 Å². The number of nitrogens with two attached hydrogens (primary N) is 1. The number of amides is 1. The first-order valence-electron chi connectivity index (χ1n) is 8.93. The molecule has 6 heteroatoms. The van der Waals surface area contributed by atoms with Crippen LogP contribution in [0, 0.1) is 0 Å². The third-order valence-corrected chi connectivity index (χ3v) is 4.71. The summed E-state index contributed by atoms with van der Waals surface area (Å²) < 4.78 is 10.9. The summed E-state index contributed by atoms with van der Waals surface area (Å²) in [7, 11) is 1.61. The Morgan fingerprint density at radius 2 is 1.96 bits per heavy atom. The molecule has 1 aromatic carbocycles. The van der Waals surface area contributed by atoms with Crippen molar-refractivity contribution in [3.05, 3.63) is 48.2 Å². The van der Waals surface area contributed by atoms with Crippen LogP contribution in [0.25, 0.3) is 0 Å². The van der Waals surface area contributed by atoms with Gasteiger partial charge in [0.15, 0.2) is 0 Å². The van der Waals surface area contributed by atoms with Crippen molar-refractivity contribution in [2.45, 2.75) is 44.2 Å². The first-order valence-corrected chi connectivity index (χ1v) is 8.93. The second kappa shape index (κ2) is 8.19. The van der Waals surface area contributed by atoms with E-state index in [1.54, 1.807) is 25.4 Å². The molecule has 1 fully saturated rings. The van der Waals surface area contributed by atoms with Crippen LogP contribution in [0.15, 0.2) is 42.6 Å². The van der Waals surface area contributed by atoms with E-state index in [1.165, 1.54) is 0 Å². The molecule has 0 unspecified atom stereocenters. The molecule has 0 radical (unpaired) electrons. The molecule has 2 aromatic rings. The minimum atomic E-state index is -0.721. The van der Waals surface area contributed by atoms with E-state index in [9.17, 15) is 4.79 Å². The third-order valence-electron chi connectivity index (χ3n) is 4.71. The largest absolute Gasteiger partial charge is 0.497 e. The van der Waals surface area contributed by atoms with Gasteiger partial charge in [0.2, 0.25) is 11.8 Å². The summed E-state index contributed by atoms with van der Waals surface area (Å²) in [5.74, 6) is 1.78. The molecular formula is C20H25N3O3. The van der Waals surface area contributed by atoms with Crippen LogP contribution in [0.4, 0.5) is 0 Å². The van der Waals surface area contributed by atoms with Crippen molar-refractivity contribution in [3.63, 3.8) is 0 Å². The number of carbonyl (C=O) groups is 1. The van der Waals surface area contributed by atoms with E-state index in [1.807, 2.05) is 24.3 Å². The number of hydrogen-bond acceptors (Lipinski definition) is 5. The quantitative estimate of drug-likeness (QED) is 0.831. The van der Waals surface area contributed by atoms with Gasteiger partial charge in [-0.3, -0.25) is 4.79 Å². The maximum Gasteiger partial charge on any atom is 0.240 e. The van der Waals surface area contributed by atoms with Gasteiger partial charge in [0, 0.05) is 24.9 Å². The number of benzene rings is 1. The molecule has 0 aliphatic heterocycles. The molecule has 0 bridgehead atoms. The maximum absolute atomic E-state index is 12.4. The van der Waals surface area contributed by atoms with Crippen molar-refractivity contribution in [2.24, 2.45) is 5.73 Å². The Morgan fingerprint density at radius 3 is 2.65 bits per heavy atom. The summed E-state index contributed by atoms with van der Waals surface area (Å²) >= 11 is 0. The van der Waals surface area contributed by atoms with Gasteiger partial charge in [-0.1, -0.05) is 31.4 Å². The van der Waals surface area contributed by atoms with Crippen LogP contribution in [0.3, 0.4) is 0 Å². The Hall–Kier alpha value is -2.60. The predicted molar refractivity (Wildman–Crippen MR) is 99.2 cm³/mol. The summed E-state index contributed by atoms with van der Waals surface area (Å²) in [5, 5.41) is 2.93. The summed E-state index contributed by atoms with van der Waals surface area (Å²) in [4.78, 5) is 16.7. The predicted octanol–water partition coefficient (Wildman–Crippen LogP) is 3.16. The minimum absolute atomic E-state index is 0.0751. The molecule has 26 heavy (non-hydrogen) atoms. The van der Waals surface area contributed by atoms with Crippen molar-refractivity contribution < 1.29 is 14.3 Å². The number of methoxy groups -OCH3 is 1. The number of nitrogens with one attached hydrogen (secondary N) is 1. The Bertz CT molecular complexity index is 740. The zero-order valence-electron chi connectivity index (χ0n) is 15.0. The van der Waals surface area contributed by atoms with Gasteiger partial charge in [0.1, 0.15) is 11.5 Å². The molecule has 1 aromatic heterocycles. The van der Waals surface area contributed by atoms with E-state index in [4.69, 9.17) is 15.2 Å². The summed E-state index contributed by atoms with van der Waals surface area (Å²) in [6.07, 6.45) is 6.39. The molecule has 3 rings (SSSR count). The van der Waals surface area contributed by atoms with Gasteiger partial charge in [-0.2, -0.15) is 0 Å². The number of nitrogens with zero attached hydrogens (tertiary/aromatic N) is 1. The Kier molecular flexibility index (Phi) is 5.73. The van der Waals surface area contributed by atoms with Gasteiger partial charge in [-0.15, -0.1) is 0 Å². The first-order chi connectivity index (χ1) is 12.6. The lowest BCUT2D eigenvalue weighted by atomic mass is 9.82. The standard InChI is InChI=1S/C20H25N3O3/c1-25-16-6-5-7-17(12-16)26-18-9-8-15(13-22-18)14-23-19(24)20(21)10-3-2-4-11-20/h5-9,12-13H,2-4,10-11,14,21H2,1H3,(H,23,24). The van der Waals surface area contributed by atoms with Crippen LogP contribution >= 0.6 is 0 Å². The van der Waals surface area contributed by atoms with Gasteiger partial charge >= 0.3 is 0 Å². The highest BCUT2D eigenvalue weighted by atomic mass is 16.5. The van der Waals surface area contributed by atoms with Crippen LogP contribution in [0.5, 0.6) is 17.4 Å². The number of rotatable bonds is 6. The fourth-order valence-electron chi connectivity index (χ4n) is 3.13. The average Bonchev–Trinajstić information content (AvgIpc) is 2.68. The summed E-state index contributed by atoms with van der Waals surface area (Å²) in [6, 6.07) is 11.0. The summed E-state index contributed by atoms with van der Waals surface area (Å²) in [6.45, 7) is 0.407. The van der Waals surface area contributed by atoms with Gasteiger partial charge < -0.3 is 20.5 Å². The lowest BCUT2D eigenvalue weighted by Crippen LogP contribution is -2.54. The van der Waals surface area contributed by atoms with Crippen LogP contribution in [-0.4, -0.2) is 23.5 Å². The molecule has 0 saturated heterocycles. The molecule has 0 atom stereocenters. The normalized spacial score (nSPS) is 15.9. The van der Waals surface area contributed by atoms with E-state index in [0.717, 1.165) is 43.4 Å². The van der Waals surface area contributed by atoms with Gasteiger partial charge in [0.05, 0.1) is 12.6 Å². The van der Waals surface area contributed by atoms with Gasteiger partial charge in [0.25, 0.3) is 0 Å². The fourth-order valence-corrected chi connectivity index (χ4v) is 3.13. The fraction of sp³-hybridized carbons (Fsp3) is 0.400. The zero-order valence-corrected chi connectivity index (χ0v) is 15.0. The second-order valence-corrected chi connectivity index (χ2v) is 6.69. The highest BCUT2D eigenvalue weighted by molar-refractivity contribution is 5.86. The number of carbonyl (C=O) groups excluding carboxylic acids is 1. The van der Waals surface area contributed by atoms with Crippen molar-refractivity contribution >= 4 is 5.91 Å². The Labute approximate surface area is 153 Å². The van der Waals surface area contributed by atoms with E-state index in [-0.39, 0.29) is 5.91 Å². The molecule has 0 spiro atoms. The number of hydrogen-bond donors (Lipinski definition) is 2. The van der Waals surface area contributed by atoms with Crippen LogP contribution in [0.1, 0.15) is 37.7 Å². The molecule has 1 saturated carbocycles. The van der Waals surface area contributed by atoms with Crippen molar-refractivity contribution in [1.82, 2.24) is 10.3 Å². The van der Waals surface area contributed by atoms with E-state index in [2.05, 4.69) is 10.3 Å². The second-order valence-electron chi connectivity index (χ2n) is 6.69. The molecule has 3 N–H and O–H groups in total. The van der Waals surface area contributed by atoms with Crippen molar-refractivity contribution in [2.75, 3.05) is 7.11 Å².